The number of carbonyl (C=O) groups excluding carboxylic acids is 1. The summed E-state index contributed by atoms with van der Waals surface area (Å²) in [7, 11) is 0. The molecule has 0 heterocycles. The lowest BCUT2D eigenvalue weighted by atomic mass is 9.93. The summed E-state index contributed by atoms with van der Waals surface area (Å²) in [5, 5.41) is 6.30. The van der Waals surface area contributed by atoms with Crippen LogP contribution in [-0.4, -0.2) is 31.3 Å². The first kappa shape index (κ1) is 15.3. The van der Waals surface area contributed by atoms with Crippen molar-refractivity contribution in [1.29, 1.82) is 0 Å². The van der Waals surface area contributed by atoms with Crippen molar-refractivity contribution in [3.63, 3.8) is 0 Å². The van der Waals surface area contributed by atoms with Gasteiger partial charge in [0, 0.05) is 13.1 Å². The fourth-order valence-corrected chi connectivity index (χ4v) is 1.62. The van der Waals surface area contributed by atoms with Gasteiger partial charge in [-0.2, -0.15) is 0 Å². The van der Waals surface area contributed by atoms with Crippen molar-refractivity contribution in [2.24, 2.45) is 11.3 Å². The molecule has 1 aliphatic carbocycles. The van der Waals surface area contributed by atoms with Gasteiger partial charge >= 0.3 is 6.09 Å². The van der Waals surface area contributed by atoms with Gasteiger partial charge in [0.1, 0.15) is 5.60 Å². The maximum atomic E-state index is 11.5. The Labute approximate surface area is 111 Å². The first-order valence-electron chi connectivity index (χ1n) is 6.85. The van der Waals surface area contributed by atoms with Gasteiger partial charge in [-0.1, -0.05) is 13.8 Å². The fraction of sp³-hybridized carbons (Fsp3) is 0.929. The third kappa shape index (κ3) is 7.54. The van der Waals surface area contributed by atoms with E-state index >= 15 is 0 Å². The standard InChI is InChI=1S/C14H28N2O2/c1-13(2,3)18-12(17)16-10-14(4,5)9-15-8-11-6-7-11/h11,15H,6-10H2,1-5H3,(H,16,17). The molecule has 1 saturated carbocycles. The Morgan fingerprint density at radius 2 is 1.78 bits per heavy atom. The van der Waals surface area contributed by atoms with E-state index in [0.29, 0.717) is 6.54 Å². The van der Waals surface area contributed by atoms with Crippen molar-refractivity contribution in [1.82, 2.24) is 10.6 Å². The maximum Gasteiger partial charge on any atom is 0.407 e. The Morgan fingerprint density at radius 1 is 1.17 bits per heavy atom. The van der Waals surface area contributed by atoms with E-state index in [0.717, 1.165) is 19.0 Å². The van der Waals surface area contributed by atoms with Crippen LogP contribution in [0.3, 0.4) is 0 Å². The number of ether oxygens (including phenoxy) is 1. The molecule has 0 aromatic heterocycles. The Balaban J connectivity index is 2.16. The number of alkyl carbamates (subject to hydrolysis) is 1. The normalized spacial score (nSPS) is 16.5. The average Bonchev–Trinajstić information content (AvgIpc) is 2.96. The smallest absolute Gasteiger partial charge is 0.407 e. The highest BCUT2D eigenvalue weighted by Gasteiger charge is 2.24. The van der Waals surface area contributed by atoms with Crippen LogP contribution >= 0.6 is 0 Å². The topological polar surface area (TPSA) is 50.4 Å². The second kappa shape index (κ2) is 5.91. The van der Waals surface area contributed by atoms with E-state index in [4.69, 9.17) is 4.74 Å². The van der Waals surface area contributed by atoms with E-state index < -0.39 is 5.60 Å². The number of hydrogen-bond donors (Lipinski definition) is 2. The predicted molar refractivity (Wildman–Crippen MR) is 73.6 cm³/mol. The zero-order chi connectivity index (χ0) is 13.8. The lowest BCUT2D eigenvalue weighted by molar-refractivity contribution is 0.0506. The van der Waals surface area contributed by atoms with Gasteiger partial charge in [0.25, 0.3) is 0 Å². The van der Waals surface area contributed by atoms with Crippen LogP contribution in [0.25, 0.3) is 0 Å². The summed E-state index contributed by atoms with van der Waals surface area (Å²) in [5.41, 5.74) is -0.385. The highest BCUT2D eigenvalue weighted by atomic mass is 16.6. The van der Waals surface area contributed by atoms with Crippen LogP contribution in [0, 0.1) is 11.3 Å². The summed E-state index contributed by atoms with van der Waals surface area (Å²) >= 11 is 0. The van der Waals surface area contributed by atoms with Crippen molar-refractivity contribution in [2.75, 3.05) is 19.6 Å². The van der Waals surface area contributed by atoms with Crippen LogP contribution < -0.4 is 10.6 Å². The van der Waals surface area contributed by atoms with Crippen molar-refractivity contribution in [3.8, 4) is 0 Å². The number of nitrogens with one attached hydrogen (secondary N) is 2. The first-order valence-corrected chi connectivity index (χ1v) is 6.85. The monoisotopic (exact) mass is 256 g/mol. The zero-order valence-electron chi connectivity index (χ0n) is 12.4. The summed E-state index contributed by atoms with van der Waals surface area (Å²) in [6.45, 7) is 12.5. The molecule has 0 bridgehead atoms. The summed E-state index contributed by atoms with van der Waals surface area (Å²) in [6.07, 6.45) is 2.39. The van der Waals surface area contributed by atoms with Gasteiger partial charge in [-0.3, -0.25) is 0 Å². The van der Waals surface area contributed by atoms with Crippen molar-refractivity contribution >= 4 is 6.09 Å². The van der Waals surface area contributed by atoms with Crippen LogP contribution in [0.15, 0.2) is 0 Å². The molecular weight excluding hydrogens is 228 g/mol. The summed E-state index contributed by atoms with van der Waals surface area (Å²) in [5.74, 6) is 0.889. The number of hydrogen-bond acceptors (Lipinski definition) is 3. The molecule has 4 nitrogen and oxygen atoms in total. The van der Waals surface area contributed by atoms with Crippen LogP contribution in [0.1, 0.15) is 47.5 Å². The summed E-state index contributed by atoms with van der Waals surface area (Å²) < 4.78 is 5.22. The Kier molecular flexibility index (Phi) is 5.02. The third-order valence-electron chi connectivity index (χ3n) is 2.84. The Morgan fingerprint density at radius 3 is 2.28 bits per heavy atom. The molecule has 0 atom stereocenters. The lowest BCUT2D eigenvalue weighted by Gasteiger charge is -2.27. The molecule has 0 aromatic rings. The second-order valence-electron chi connectivity index (χ2n) is 7.09. The lowest BCUT2D eigenvalue weighted by Crippen LogP contribution is -2.42. The Hall–Kier alpha value is -0.770. The first-order chi connectivity index (χ1) is 8.18. The van der Waals surface area contributed by atoms with Gasteiger partial charge in [0.2, 0.25) is 0 Å². The number of amides is 1. The number of rotatable bonds is 6. The molecule has 1 rings (SSSR count). The molecule has 0 unspecified atom stereocenters. The number of carbonyl (C=O) groups is 1. The molecule has 1 fully saturated rings. The predicted octanol–water partition coefficient (Wildman–Crippen LogP) is 2.54. The highest BCUT2D eigenvalue weighted by molar-refractivity contribution is 5.67. The van der Waals surface area contributed by atoms with Gasteiger partial charge in [-0.15, -0.1) is 0 Å². The van der Waals surface area contributed by atoms with Gasteiger partial charge in [-0.05, 0) is 51.5 Å². The van der Waals surface area contributed by atoms with Crippen LogP contribution in [0.4, 0.5) is 4.79 Å². The molecule has 2 N–H and O–H groups in total. The fourth-order valence-electron chi connectivity index (χ4n) is 1.62. The van der Waals surface area contributed by atoms with Crippen LogP contribution in [-0.2, 0) is 4.74 Å². The van der Waals surface area contributed by atoms with Gasteiger partial charge in [-0.25, -0.2) is 4.79 Å². The third-order valence-corrected chi connectivity index (χ3v) is 2.84. The molecule has 0 spiro atoms. The molecular formula is C14H28N2O2. The molecule has 0 saturated heterocycles. The van der Waals surface area contributed by atoms with Crippen LogP contribution in [0.5, 0.6) is 0 Å². The van der Waals surface area contributed by atoms with E-state index in [1.165, 1.54) is 12.8 Å². The molecule has 4 heteroatoms. The zero-order valence-corrected chi connectivity index (χ0v) is 12.4. The second-order valence-corrected chi connectivity index (χ2v) is 7.09. The van der Waals surface area contributed by atoms with E-state index in [1.54, 1.807) is 0 Å². The molecule has 0 radical (unpaired) electrons. The largest absolute Gasteiger partial charge is 0.444 e. The summed E-state index contributed by atoms with van der Waals surface area (Å²) in [4.78, 5) is 11.5. The quantitative estimate of drug-likeness (QED) is 0.768. The van der Waals surface area contributed by atoms with Crippen molar-refractivity contribution in [3.05, 3.63) is 0 Å². The molecule has 18 heavy (non-hydrogen) atoms. The minimum atomic E-state index is -0.432. The minimum Gasteiger partial charge on any atom is -0.444 e. The molecule has 1 amide bonds. The van der Waals surface area contributed by atoms with E-state index in [2.05, 4.69) is 24.5 Å². The van der Waals surface area contributed by atoms with Crippen LogP contribution in [0.2, 0.25) is 0 Å². The highest BCUT2D eigenvalue weighted by Crippen LogP contribution is 2.27. The van der Waals surface area contributed by atoms with Gasteiger partial charge in [0.15, 0.2) is 0 Å². The van der Waals surface area contributed by atoms with E-state index in [9.17, 15) is 4.79 Å². The average molecular weight is 256 g/mol. The SMILES string of the molecule is CC(C)(CNCC1CC1)CNC(=O)OC(C)(C)C. The molecule has 0 aromatic carbocycles. The van der Waals surface area contributed by atoms with E-state index in [1.807, 2.05) is 20.8 Å². The molecule has 1 aliphatic rings. The Bertz CT molecular complexity index is 278. The maximum absolute atomic E-state index is 11.5. The van der Waals surface area contributed by atoms with Gasteiger partial charge in [0.05, 0.1) is 0 Å². The van der Waals surface area contributed by atoms with Crippen molar-refractivity contribution < 1.29 is 9.53 Å². The molecule has 106 valence electrons. The minimum absolute atomic E-state index is 0.0474. The van der Waals surface area contributed by atoms with E-state index in [-0.39, 0.29) is 11.5 Å². The molecule has 0 aliphatic heterocycles. The summed E-state index contributed by atoms with van der Waals surface area (Å²) in [6, 6.07) is 0. The van der Waals surface area contributed by atoms with Crippen molar-refractivity contribution in [2.45, 2.75) is 53.1 Å². The van der Waals surface area contributed by atoms with Gasteiger partial charge < -0.3 is 15.4 Å².